The summed E-state index contributed by atoms with van der Waals surface area (Å²) < 4.78 is 73.5. The molecule has 0 bridgehead atoms. The highest BCUT2D eigenvalue weighted by Crippen LogP contribution is 2.30. The van der Waals surface area contributed by atoms with Gasteiger partial charge in [-0.1, -0.05) is 0 Å². The minimum atomic E-state index is -2.20. The molecule has 1 fully saturated rings. The van der Waals surface area contributed by atoms with E-state index in [1.807, 2.05) is 6.92 Å². The third-order valence-electron chi connectivity index (χ3n) is 4.72. The van der Waals surface area contributed by atoms with Crippen LogP contribution in [0.25, 0.3) is 0 Å². The predicted octanol–water partition coefficient (Wildman–Crippen LogP) is 3.62. The van der Waals surface area contributed by atoms with E-state index in [1.54, 1.807) is 29.2 Å². The Morgan fingerprint density at radius 3 is 1.97 bits per heavy atom. The third-order valence-corrected chi connectivity index (χ3v) is 5.08. The van der Waals surface area contributed by atoms with Crippen molar-refractivity contribution in [2.75, 3.05) is 37.7 Å². The van der Waals surface area contributed by atoms with Gasteiger partial charge in [-0.05, 0) is 43.4 Å². The Labute approximate surface area is 180 Å². The van der Waals surface area contributed by atoms with Crippen molar-refractivity contribution in [1.29, 1.82) is 0 Å². The minimum Gasteiger partial charge on any atom is -0.494 e. The summed E-state index contributed by atoms with van der Waals surface area (Å²) in [5.74, 6) is -9.77. The molecule has 1 heterocycles. The number of carbonyl (C=O) groups excluding carboxylic acids is 1. The number of thiocarbonyl (C=S) groups is 1. The van der Waals surface area contributed by atoms with Gasteiger partial charge in [0.15, 0.2) is 28.4 Å². The minimum absolute atomic E-state index is 0.0581. The highest BCUT2D eigenvalue weighted by atomic mass is 32.1. The molecule has 1 aliphatic rings. The molecule has 1 amide bonds. The van der Waals surface area contributed by atoms with Gasteiger partial charge >= 0.3 is 0 Å². The first-order valence-corrected chi connectivity index (χ1v) is 9.74. The Morgan fingerprint density at radius 2 is 1.45 bits per heavy atom. The molecule has 0 unspecified atom stereocenters. The van der Waals surface area contributed by atoms with Crippen LogP contribution in [-0.4, -0.2) is 48.7 Å². The molecule has 0 aromatic heterocycles. The van der Waals surface area contributed by atoms with Crippen LogP contribution in [0.4, 0.5) is 27.6 Å². The van der Waals surface area contributed by atoms with Crippen molar-refractivity contribution >= 4 is 28.9 Å². The Bertz CT molecular complexity index is 966. The zero-order chi connectivity index (χ0) is 22.7. The van der Waals surface area contributed by atoms with Crippen molar-refractivity contribution in [2.45, 2.75) is 6.92 Å². The van der Waals surface area contributed by atoms with E-state index < -0.39 is 40.7 Å². The van der Waals surface area contributed by atoms with Crippen LogP contribution in [0, 0.1) is 29.1 Å². The first kappa shape index (κ1) is 22.7. The number of hydrogen-bond donors (Lipinski definition) is 1. The smallest absolute Gasteiger partial charge is 0.257 e. The molecule has 11 heteroatoms. The van der Waals surface area contributed by atoms with Crippen LogP contribution in [0.5, 0.6) is 5.75 Å². The maximum absolute atomic E-state index is 14.0. The monoisotopic (exact) mass is 459 g/mol. The molecule has 166 valence electrons. The van der Waals surface area contributed by atoms with Crippen molar-refractivity contribution in [3.8, 4) is 5.75 Å². The van der Waals surface area contributed by atoms with Crippen molar-refractivity contribution in [3.05, 3.63) is 58.9 Å². The summed E-state index contributed by atoms with van der Waals surface area (Å²) in [5, 5.41) is 2.66. The summed E-state index contributed by atoms with van der Waals surface area (Å²) in [5.41, 5.74) is -0.619. The molecule has 2 aromatic carbocycles. The summed E-state index contributed by atoms with van der Waals surface area (Å²) in [6.45, 7) is 2.44. The fourth-order valence-electron chi connectivity index (χ4n) is 3.12. The number of nitrogens with one attached hydrogen (secondary N) is 1. The first-order chi connectivity index (χ1) is 14.7. The summed E-state index contributed by atoms with van der Waals surface area (Å²) in [6, 6.07) is 6.43. The number of rotatable bonds is 4. The summed E-state index contributed by atoms with van der Waals surface area (Å²) in [4.78, 5) is 15.0. The summed E-state index contributed by atoms with van der Waals surface area (Å²) >= 11 is 5.22. The normalized spacial score (nSPS) is 13.9. The number of halogens is 5. The summed E-state index contributed by atoms with van der Waals surface area (Å²) in [6.07, 6.45) is 0. The van der Waals surface area contributed by atoms with E-state index in [0.29, 0.717) is 17.9 Å². The average Bonchev–Trinajstić information content (AvgIpc) is 2.77. The fourth-order valence-corrected chi connectivity index (χ4v) is 3.40. The Hall–Kier alpha value is -2.95. The van der Waals surface area contributed by atoms with Gasteiger partial charge in [-0.15, -0.1) is 0 Å². The number of hydrogen-bond acceptors (Lipinski definition) is 4. The standard InChI is InChI=1S/C20H18F5N3O2S/c1-2-30-12-5-3-11(4-6-12)19(29)26-20(31)28-9-7-27(8-10-28)18-16(24)14(22)13(21)15(23)17(18)25/h3-6H,2,7-10H2,1H3,(H,26,29,31). The summed E-state index contributed by atoms with van der Waals surface area (Å²) in [7, 11) is 0. The molecule has 1 saturated heterocycles. The number of nitrogens with zero attached hydrogens (tertiary/aromatic N) is 2. The highest BCUT2D eigenvalue weighted by Gasteiger charge is 2.31. The van der Waals surface area contributed by atoms with Gasteiger partial charge in [0.2, 0.25) is 5.82 Å². The number of piperazine rings is 1. The average molecular weight is 459 g/mol. The van der Waals surface area contributed by atoms with Crippen molar-refractivity contribution in [2.24, 2.45) is 0 Å². The number of carbonyl (C=O) groups is 1. The van der Waals surface area contributed by atoms with E-state index in [2.05, 4.69) is 5.32 Å². The van der Waals surface area contributed by atoms with Crippen LogP contribution in [0.3, 0.4) is 0 Å². The second kappa shape index (κ2) is 9.46. The van der Waals surface area contributed by atoms with Gasteiger partial charge in [-0.25, -0.2) is 22.0 Å². The quantitative estimate of drug-likeness (QED) is 0.328. The van der Waals surface area contributed by atoms with Crippen LogP contribution >= 0.6 is 12.2 Å². The molecule has 1 aliphatic heterocycles. The van der Waals surface area contributed by atoms with Crippen LogP contribution in [0.1, 0.15) is 17.3 Å². The van der Waals surface area contributed by atoms with E-state index >= 15 is 0 Å². The van der Waals surface area contributed by atoms with E-state index in [1.165, 1.54) is 0 Å². The molecule has 0 radical (unpaired) electrons. The van der Waals surface area contributed by atoms with Gasteiger partial charge in [0.1, 0.15) is 11.4 Å². The number of anilines is 1. The second-order valence-corrected chi connectivity index (χ2v) is 7.00. The first-order valence-electron chi connectivity index (χ1n) is 9.34. The van der Waals surface area contributed by atoms with Gasteiger partial charge in [0.05, 0.1) is 6.61 Å². The molecule has 0 aliphatic carbocycles. The van der Waals surface area contributed by atoms with Gasteiger partial charge in [-0.2, -0.15) is 0 Å². The molecule has 0 saturated carbocycles. The van der Waals surface area contributed by atoms with E-state index in [-0.39, 0.29) is 31.3 Å². The number of benzene rings is 2. The molecule has 0 spiro atoms. The van der Waals surface area contributed by atoms with E-state index in [9.17, 15) is 26.7 Å². The maximum atomic E-state index is 14.0. The van der Waals surface area contributed by atoms with Gasteiger partial charge in [0.25, 0.3) is 5.91 Å². The second-order valence-electron chi connectivity index (χ2n) is 6.61. The third kappa shape index (κ3) is 4.71. The lowest BCUT2D eigenvalue weighted by molar-refractivity contribution is 0.0973. The largest absolute Gasteiger partial charge is 0.494 e. The maximum Gasteiger partial charge on any atom is 0.257 e. The lowest BCUT2D eigenvalue weighted by Gasteiger charge is -2.37. The molecule has 3 rings (SSSR count). The van der Waals surface area contributed by atoms with Crippen LogP contribution in [0.15, 0.2) is 24.3 Å². The SMILES string of the molecule is CCOc1ccc(C(=O)NC(=S)N2CCN(c3c(F)c(F)c(F)c(F)c3F)CC2)cc1. The van der Waals surface area contributed by atoms with Gasteiger partial charge in [-0.3, -0.25) is 10.1 Å². The van der Waals surface area contributed by atoms with E-state index in [0.717, 1.165) is 4.90 Å². The fraction of sp³-hybridized carbons (Fsp3) is 0.300. The predicted molar refractivity (Wildman–Crippen MR) is 108 cm³/mol. The Balaban J connectivity index is 1.62. The Kier molecular flexibility index (Phi) is 6.94. The topological polar surface area (TPSA) is 44.8 Å². The molecule has 31 heavy (non-hydrogen) atoms. The van der Waals surface area contributed by atoms with Crippen LogP contribution in [0.2, 0.25) is 0 Å². The lowest BCUT2D eigenvalue weighted by atomic mass is 10.2. The van der Waals surface area contributed by atoms with Gasteiger partial charge < -0.3 is 14.5 Å². The molecular weight excluding hydrogens is 441 g/mol. The molecule has 0 atom stereocenters. The highest BCUT2D eigenvalue weighted by molar-refractivity contribution is 7.80. The molecule has 1 N–H and O–H groups in total. The zero-order valence-electron chi connectivity index (χ0n) is 16.4. The molecular formula is C20H18F5N3O2S. The molecule has 2 aromatic rings. The number of amides is 1. The van der Waals surface area contributed by atoms with Gasteiger partial charge in [0, 0.05) is 31.7 Å². The van der Waals surface area contributed by atoms with Crippen LogP contribution < -0.4 is 15.0 Å². The molecule has 5 nitrogen and oxygen atoms in total. The van der Waals surface area contributed by atoms with Crippen molar-refractivity contribution in [3.63, 3.8) is 0 Å². The van der Waals surface area contributed by atoms with Crippen molar-refractivity contribution < 1.29 is 31.5 Å². The zero-order valence-corrected chi connectivity index (χ0v) is 17.2. The Morgan fingerprint density at radius 1 is 0.935 bits per heavy atom. The van der Waals surface area contributed by atoms with Crippen molar-refractivity contribution in [1.82, 2.24) is 10.2 Å². The number of ether oxygens (including phenoxy) is 1. The van der Waals surface area contributed by atoms with E-state index in [4.69, 9.17) is 17.0 Å². The van der Waals surface area contributed by atoms with Crippen LogP contribution in [-0.2, 0) is 0 Å². The lowest BCUT2D eigenvalue weighted by Crippen LogP contribution is -2.53.